The summed E-state index contributed by atoms with van der Waals surface area (Å²) >= 11 is 0. The molecule has 6 nitrogen and oxygen atoms in total. The zero-order valence-corrected chi connectivity index (χ0v) is 14.4. The van der Waals surface area contributed by atoms with Crippen LogP contribution in [-0.4, -0.2) is 23.7 Å². The highest BCUT2D eigenvalue weighted by atomic mass is 32.2. The lowest BCUT2D eigenvalue weighted by Gasteiger charge is -2.25. The van der Waals surface area contributed by atoms with Crippen molar-refractivity contribution in [2.24, 2.45) is 0 Å². The van der Waals surface area contributed by atoms with Gasteiger partial charge < -0.3 is 4.98 Å². The van der Waals surface area contributed by atoms with E-state index in [0.29, 0.717) is 12.0 Å². The number of sulfone groups is 1. The quantitative estimate of drug-likeness (QED) is 0.741. The summed E-state index contributed by atoms with van der Waals surface area (Å²) in [7, 11) is -3.34. The highest BCUT2D eigenvalue weighted by Crippen LogP contribution is 2.34. The molecular formula is C18H15FN2O4S. The van der Waals surface area contributed by atoms with E-state index in [-0.39, 0.29) is 34.0 Å². The molecule has 0 saturated heterocycles. The minimum absolute atomic E-state index is 0.0277. The smallest absolute Gasteiger partial charge is 0.307 e. The van der Waals surface area contributed by atoms with Gasteiger partial charge in [-0.2, -0.15) is 0 Å². The molecule has 3 aromatic rings. The Labute approximate surface area is 147 Å². The number of benzene rings is 2. The molecule has 0 aliphatic carbocycles. The van der Waals surface area contributed by atoms with Gasteiger partial charge in [0.05, 0.1) is 21.6 Å². The van der Waals surface area contributed by atoms with E-state index in [1.807, 2.05) is 0 Å². The van der Waals surface area contributed by atoms with Gasteiger partial charge in [0.25, 0.3) is 5.56 Å². The summed E-state index contributed by atoms with van der Waals surface area (Å²) in [5.41, 5.74) is -0.402. The molecule has 134 valence electrons. The molecule has 2 aromatic carbocycles. The first-order valence-corrected chi connectivity index (χ1v) is 9.76. The van der Waals surface area contributed by atoms with Crippen molar-refractivity contribution in [2.45, 2.75) is 23.8 Å². The van der Waals surface area contributed by atoms with E-state index in [4.69, 9.17) is 0 Å². The average molecular weight is 374 g/mol. The molecule has 1 unspecified atom stereocenters. The van der Waals surface area contributed by atoms with Crippen LogP contribution in [0.4, 0.5) is 4.39 Å². The highest BCUT2D eigenvalue weighted by molar-refractivity contribution is 7.91. The summed E-state index contributed by atoms with van der Waals surface area (Å²) in [6.45, 7) is 0.0635. The van der Waals surface area contributed by atoms with Crippen LogP contribution in [0.2, 0.25) is 0 Å². The minimum atomic E-state index is -3.34. The van der Waals surface area contributed by atoms with Crippen LogP contribution in [0.25, 0.3) is 10.9 Å². The molecule has 8 heteroatoms. The third kappa shape index (κ3) is 2.66. The van der Waals surface area contributed by atoms with Crippen LogP contribution in [0, 0.1) is 5.82 Å². The van der Waals surface area contributed by atoms with E-state index in [1.54, 1.807) is 24.3 Å². The number of aromatic amines is 1. The molecule has 4 rings (SSSR count). The Bertz CT molecular complexity index is 1240. The number of aromatic nitrogens is 2. The first-order chi connectivity index (χ1) is 12.4. The third-order valence-corrected chi connectivity index (χ3v) is 6.59. The summed E-state index contributed by atoms with van der Waals surface area (Å²) < 4.78 is 38.9. The summed E-state index contributed by atoms with van der Waals surface area (Å²) in [5.74, 6) is -0.844. The van der Waals surface area contributed by atoms with Gasteiger partial charge in [-0.15, -0.1) is 0 Å². The number of nitrogens with zero attached hydrogens (tertiary/aromatic N) is 1. The minimum Gasteiger partial charge on any atom is -0.307 e. The van der Waals surface area contributed by atoms with Gasteiger partial charge in [-0.1, -0.05) is 18.2 Å². The number of nitrogens with one attached hydrogen (secondary N) is 1. The van der Waals surface area contributed by atoms with Crippen LogP contribution >= 0.6 is 0 Å². The van der Waals surface area contributed by atoms with Crippen molar-refractivity contribution in [2.75, 3.05) is 5.75 Å². The standard InChI is InChI=1S/C18H15FN2O4S/c19-12-5-6-14-15(9-12)20-18(23)21(17(14)22)10-11-7-8-26(24,25)16-4-2-1-3-13(11)16/h1-6,9,11H,7-8,10H2,(H,20,23). The fourth-order valence-electron chi connectivity index (χ4n) is 3.47. The van der Waals surface area contributed by atoms with Crippen LogP contribution in [0.5, 0.6) is 0 Å². The van der Waals surface area contributed by atoms with Gasteiger partial charge in [-0.3, -0.25) is 9.36 Å². The molecule has 0 fully saturated rings. The predicted octanol–water partition coefficient (Wildman–Crippen LogP) is 1.79. The number of rotatable bonds is 2. The average Bonchev–Trinajstić information content (AvgIpc) is 2.60. The summed E-state index contributed by atoms with van der Waals surface area (Å²) in [6.07, 6.45) is 0.326. The second kappa shape index (κ2) is 5.91. The van der Waals surface area contributed by atoms with E-state index in [0.717, 1.165) is 16.7 Å². The molecular weight excluding hydrogens is 359 g/mol. The molecule has 2 heterocycles. The second-order valence-corrected chi connectivity index (χ2v) is 8.46. The van der Waals surface area contributed by atoms with Gasteiger partial charge in [0.1, 0.15) is 5.82 Å². The van der Waals surface area contributed by atoms with Gasteiger partial charge in [0.2, 0.25) is 0 Å². The van der Waals surface area contributed by atoms with Crippen molar-refractivity contribution < 1.29 is 12.8 Å². The van der Waals surface area contributed by atoms with Crippen molar-refractivity contribution in [3.8, 4) is 0 Å². The van der Waals surface area contributed by atoms with Crippen LogP contribution < -0.4 is 11.2 Å². The largest absolute Gasteiger partial charge is 0.328 e. The Morgan fingerprint density at radius 3 is 2.73 bits per heavy atom. The van der Waals surface area contributed by atoms with Gasteiger partial charge in [-0.05, 0) is 36.2 Å². The van der Waals surface area contributed by atoms with Gasteiger partial charge in [-0.25, -0.2) is 17.6 Å². The normalized spacial score (nSPS) is 18.6. The maximum absolute atomic E-state index is 13.3. The lowest BCUT2D eigenvalue weighted by Crippen LogP contribution is -2.37. The molecule has 1 aliphatic rings. The van der Waals surface area contributed by atoms with Crippen LogP contribution in [0.3, 0.4) is 0 Å². The number of fused-ring (bicyclic) bond motifs is 2. The van der Waals surface area contributed by atoms with Crippen molar-refractivity contribution >= 4 is 20.7 Å². The van der Waals surface area contributed by atoms with Crippen molar-refractivity contribution in [3.63, 3.8) is 0 Å². The number of halogens is 1. The SMILES string of the molecule is O=c1[nH]c2cc(F)ccc2c(=O)n1CC1CCS(=O)(=O)c2ccccc21. The zero-order valence-electron chi connectivity index (χ0n) is 13.6. The zero-order chi connectivity index (χ0) is 18.5. The summed E-state index contributed by atoms with van der Waals surface area (Å²) in [4.78, 5) is 27.8. The first kappa shape index (κ1) is 16.7. The first-order valence-electron chi connectivity index (χ1n) is 8.11. The predicted molar refractivity (Wildman–Crippen MR) is 94.6 cm³/mol. The molecule has 0 amide bonds. The van der Waals surface area contributed by atoms with Crippen LogP contribution in [0.15, 0.2) is 56.9 Å². The van der Waals surface area contributed by atoms with Crippen molar-refractivity contribution in [1.29, 1.82) is 0 Å². The van der Waals surface area contributed by atoms with E-state index in [9.17, 15) is 22.4 Å². The number of hydrogen-bond donors (Lipinski definition) is 1. The van der Waals surface area contributed by atoms with Crippen molar-refractivity contribution in [1.82, 2.24) is 9.55 Å². The van der Waals surface area contributed by atoms with Crippen LogP contribution in [-0.2, 0) is 16.4 Å². The lowest BCUT2D eigenvalue weighted by molar-refractivity contribution is 0.494. The van der Waals surface area contributed by atoms with Gasteiger partial charge in [0.15, 0.2) is 9.84 Å². The Balaban J connectivity index is 1.83. The lowest BCUT2D eigenvalue weighted by atomic mass is 9.95. The molecule has 1 aromatic heterocycles. The Kier molecular flexibility index (Phi) is 3.80. The Morgan fingerprint density at radius 1 is 1.15 bits per heavy atom. The maximum atomic E-state index is 13.3. The molecule has 1 atom stereocenters. The molecule has 0 spiro atoms. The maximum Gasteiger partial charge on any atom is 0.328 e. The summed E-state index contributed by atoms with van der Waals surface area (Å²) in [5, 5.41) is 0.211. The number of hydrogen-bond acceptors (Lipinski definition) is 4. The number of H-pyrrole nitrogens is 1. The topological polar surface area (TPSA) is 89.0 Å². The third-order valence-electron chi connectivity index (χ3n) is 4.78. The molecule has 0 bridgehead atoms. The molecule has 1 aliphatic heterocycles. The van der Waals surface area contributed by atoms with Gasteiger partial charge in [0, 0.05) is 12.5 Å². The highest BCUT2D eigenvalue weighted by Gasteiger charge is 2.30. The Morgan fingerprint density at radius 2 is 1.92 bits per heavy atom. The van der Waals surface area contributed by atoms with E-state index < -0.39 is 26.9 Å². The molecule has 0 radical (unpaired) electrons. The molecule has 1 N–H and O–H groups in total. The van der Waals surface area contributed by atoms with E-state index in [1.165, 1.54) is 6.07 Å². The van der Waals surface area contributed by atoms with Crippen molar-refractivity contribution in [3.05, 3.63) is 74.7 Å². The summed E-state index contributed by atoms with van der Waals surface area (Å²) in [6, 6.07) is 10.3. The molecule has 0 saturated carbocycles. The Hall–Kier alpha value is -2.74. The van der Waals surface area contributed by atoms with E-state index >= 15 is 0 Å². The fraction of sp³-hybridized carbons (Fsp3) is 0.222. The van der Waals surface area contributed by atoms with Gasteiger partial charge >= 0.3 is 5.69 Å². The molecule has 26 heavy (non-hydrogen) atoms. The van der Waals surface area contributed by atoms with E-state index in [2.05, 4.69) is 4.98 Å². The monoisotopic (exact) mass is 374 g/mol. The second-order valence-electron chi connectivity index (χ2n) is 6.38. The fourth-order valence-corrected chi connectivity index (χ4v) is 5.16. The van der Waals surface area contributed by atoms with Crippen LogP contribution in [0.1, 0.15) is 17.9 Å².